The summed E-state index contributed by atoms with van der Waals surface area (Å²) < 4.78 is 44.0. The third kappa shape index (κ3) is 5.93. The number of Topliss-reactive ketones (excluding diaryl/α,β-unsaturated/α-hetero) is 1. The topological polar surface area (TPSA) is 56.3 Å². The Kier molecular flexibility index (Phi) is 7.46. The van der Waals surface area contributed by atoms with Crippen molar-refractivity contribution in [2.24, 2.45) is 11.8 Å². The van der Waals surface area contributed by atoms with Crippen LogP contribution in [0.25, 0.3) is 0 Å². The van der Waals surface area contributed by atoms with E-state index in [2.05, 4.69) is 17.1 Å². The molecule has 3 rings (SSSR count). The first-order chi connectivity index (χ1) is 14.8. The van der Waals surface area contributed by atoms with E-state index in [4.69, 9.17) is 4.74 Å². The summed E-state index contributed by atoms with van der Waals surface area (Å²) in [5.41, 5.74) is 0.256. The van der Waals surface area contributed by atoms with Crippen molar-refractivity contribution in [3.8, 4) is 0 Å². The van der Waals surface area contributed by atoms with Crippen molar-refractivity contribution in [1.29, 1.82) is 0 Å². The van der Waals surface area contributed by atoms with Gasteiger partial charge in [0, 0.05) is 18.0 Å². The molecule has 1 aliphatic rings. The number of benzene rings is 1. The number of pyridine rings is 1. The Morgan fingerprint density at radius 3 is 2.32 bits per heavy atom. The number of alkyl halides is 3. The molecule has 0 radical (unpaired) electrons. The Morgan fingerprint density at radius 1 is 1.03 bits per heavy atom. The predicted octanol–water partition coefficient (Wildman–Crippen LogP) is 5.37. The molecule has 1 atom stereocenters. The van der Waals surface area contributed by atoms with E-state index < -0.39 is 23.8 Å². The lowest BCUT2D eigenvalue weighted by Gasteiger charge is -2.29. The van der Waals surface area contributed by atoms with Crippen LogP contribution in [-0.4, -0.2) is 23.3 Å². The summed E-state index contributed by atoms with van der Waals surface area (Å²) in [6, 6.07) is 13.6. The van der Waals surface area contributed by atoms with Gasteiger partial charge in [0.05, 0.1) is 6.61 Å². The van der Waals surface area contributed by atoms with E-state index in [9.17, 15) is 22.8 Å². The van der Waals surface area contributed by atoms with Gasteiger partial charge in [0.15, 0.2) is 5.78 Å². The molecule has 4 nitrogen and oxygen atoms in total. The largest absolute Gasteiger partial charge is 0.465 e. The van der Waals surface area contributed by atoms with Crippen molar-refractivity contribution >= 4 is 11.8 Å². The molecule has 1 fully saturated rings. The first-order valence-corrected chi connectivity index (χ1v) is 10.6. The molecule has 0 bridgehead atoms. The Labute approximate surface area is 179 Å². The van der Waals surface area contributed by atoms with E-state index in [-0.39, 0.29) is 30.4 Å². The van der Waals surface area contributed by atoms with Crippen LogP contribution in [0.2, 0.25) is 0 Å². The number of esters is 1. The molecule has 1 aliphatic carbocycles. The molecule has 0 N–H and O–H groups in total. The highest BCUT2D eigenvalue weighted by molar-refractivity contribution is 6.00. The van der Waals surface area contributed by atoms with Gasteiger partial charge in [-0.1, -0.05) is 36.4 Å². The number of rotatable bonds is 7. The number of hydrogen-bond donors (Lipinski definition) is 0. The van der Waals surface area contributed by atoms with Gasteiger partial charge in [-0.25, -0.2) is 4.98 Å². The lowest BCUT2D eigenvalue weighted by molar-refractivity contribution is -0.152. The first kappa shape index (κ1) is 23.0. The van der Waals surface area contributed by atoms with E-state index in [0.29, 0.717) is 18.8 Å². The van der Waals surface area contributed by atoms with Gasteiger partial charge >= 0.3 is 12.1 Å². The summed E-state index contributed by atoms with van der Waals surface area (Å²) in [5, 5.41) is 0. The van der Waals surface area contributed by atoms with Gasteiger partial charge in [0.1, 0.15) is 11.6 Å². The SMILES string of the molecule is CCOC(=O)C(Cc1cccc(C(F)(F)F)n1)C(=O)C1CCC(c2ccccc2)CC1. The van der Waals surface area contributed by atoms with Gasteiger partial charge in [0.2, 0.25) is 0 Å². The highest BCUT2D eigenvalue weighted by Crippen LogP contribution is 2.37. The molecule has 0 saturated heterocycles. The summed E-state index contributed by atoms with van der Waals surface area (Å²) in [6.45, 7) is 1.73. The molecule has 0 amide bonds. The molecular weight excluding hydrogens is 407 g/mol. The molecule has 1 aromatic carbocycles. The van der Waals surface area contributed by atoms with Crippen molar-refractivity contribution in [2.45, 2.75) is 51.1 Å². The normalized spacial score (nSPS) is 20.1. The number of carbonyl (C=O) groups is 2. The van der Waals surface area contributed by atoms with Crippen LogP contribution >= 0.6 is 0 Å². The quantitative estimate of drug-likeness (QED) is 0.435. The second-order valence-electron chi connectivity index (χ2n) is 7.88. The van der Waals surface area contributed by atoms with E-state index in [1.807, 2.05) is 18.2 Å². The van der Waals surface area contributed by atoms with Crippen LogP contribution in [0, 0.1) is 11.8 Å². The number of hydrogen-bond acceptors (Lipinski definition) is 4. The fourth-order valence-corrected chi connectivity index (χ4v) is 4.22. The second-order valence-corrected chi connectivity index (χ2v) is 7.88. The molecule has 0 aliphatic heterocycles. The average Bonchev–Trinajstić information content (AvgIpc) is 2.77. The fraction of sp³-hybridized carbons (Fsp3) is 0.458. The van der Waals surface area contributed by atoms with Gasteiger partial charge in [-0.15, -0.1) is 0 Å². The monoisotopic (exact) mass is 433 g/mol. The maximum absolute atomic E-state index is 13.2. The van der Waals surface area contributed by atoms with Gasteiger partial charge in [-0.3, -0.25) is 9.59 Å². The van der Waals surface area contributed by atoms with Crippen LogP contribution in [0.4, 0.5) is 13.2 Å². The summed E-state index contributed by atoms with van der Waals surface area (Å²) in [7, 11) is 0. The smallest absolute Gasteiger partial charge is 0.433 e. The van der Waals surface area contributed by atoms with Crippen LogP contribution in [0.15, 0.2) is 48.5 Å². The fourth-order valence-electron chi connectivity index (χ4n) is 4.22. The standard InChI is InChI=1S/C24H26F3NO3/c1-2-31-23(30)20(15-19-9-6-10-21(28-19)24(25,26)27)22(29)18-13-11-17(12-14-18)16-7-4-3-5-8-16/h3-10,17-18,20H,2,11-15H2,1H3. The van der Waals surface area contributed by atoms with Crippen LogP contribution in [-0.2, 0) is 26.9 Å². The van der Waals surface area contributed by atoms with Crippen LogP contribution in [0.3, 0.4) is 0 Å². The summed E-state index contributed by atoms with van der Waals surface area (Å²) in [6.07, 6.45) is -1.83. The molecule has 7 heteroatoms. The van der Waals surface area contributed by atoms with E-state index >= 15 is 0 Å². The molecule has 1 unspecified atom stereocenters. The second kappa shape index (κ2) is 10.1. The van der Waals surface area contributed by atoms with Gasteiger partial charge in [-0.05, 0) is 56.2 Å². The minimum atomic E-state index is -4.59. The minimum absolute atomic E-state index is 0.0548. The molecule has 1 heterocycles. The zero-order valence-corrected chi connectivity index (χ0v) is 17.4. The molecule has 166 valence electrons. The zero-order valence-electron chi connectivity index (χ0n) is 17.4. The first-order valence-electron chi connectivity index (χ1n) is 10.6. The molecule has 2 aromatic rings. The van der Waals surface area contributed by atoms with Crippen molar-refractivity contribution in [3.05, 3.63) is 65.5 Å². The van der Waals surface area contributed by atoms with E-state index in [1.165, 1.54) is 17.7 Å². The number of ketones is 1. The summed E-state index contributed by atoms with van der Waals surface area (Å²) in [5.74, 6) is -2.04. The molecule has 31 heavy (non-hydrogen) atoms. The van der Waals surface area contributed by atoms with Gasteiger partial charge in [-0.2, -0.15) is 13.2 Å². The Balaban J connectivity index is 1.72. The maximum atomic E-state index is 13.2. The lowest BCUT2D eigenvalue weighted by atomic mass is 9.74. The third-order valence-electron chi connectivity index (χ3n) is 5.83. The number of aromatic nitrogens is 1. The van der Waals surface area contributed by atoms with Crippen molar-refractivity contribution in [3.63, 3.8) is 0 Å². The summed E-state index contributed by atoms with van der Waals surface area (Å²) >= 11 is 0. The Bertz CT molecular complexity index is 890. The van der Waals surface area contributed by atoms with Crippen LogP contribution in [0.5, 0.6) is 0 Å². The number of ether oxygens (including phenoxy) is 1. The van der Waals surface area contributed by atoms with Gasteiger partial charge < -0.3 is 4.74 Å². The highest BCUT2D eigenvalue weighted by atomic mass is 19.4. The minimum Gasteiger partial charge on any atom is -0.465 e. The number of carbonyl (C=O) groups excluding carboxylic acids is 2. The molecular formula is C24H26F3NO3. The molecule has 1 aromatic heterocycles. The summed E-state index contributed by atoms with van der Waals surface area (Å²) in [4.78, 5) is 29.3. The van der Waals surface area contributed by atoms with Crippen molar-refractivity contribution in [1.82, 2.24) is 4.98 Å². The lowest BCUT2D eigenvalue weighted by Crippen LogP contribution is -2.35. The maximum Gasteiger partial charge on any atom is 0.433 e. The number of halogens is 3. The van der Waals surface area contributed by atoms with Gasteiger partial charge in [0.25, 0.3) is 0 Å². The Hall–Kier alpha value is -2.70. The van der Waals surface area contributed by atoms with E-state index in [1.54, 1.807) is 6.92 Å². The van der Waals surface area contributed by atoms with Crippen molar-refractivity contribution < 1.29 is 27.5 Å². The third-order valence-corrected chi connectivity index (χ3v) is 5.83. The Morgan fingerprint density at radius 2 is 1.71 bits per heavy atom. The number of nitrogens with zero attached hydrogens (tertiary/aromatic N) is 1. The van der Waals surface area contributed by atoms with E-state index in [0.717, 1.165) is 18.9 Å². The molecule has 1 saturated carbocycles. The zero-order chi connectivity index (χ0) is 22.4. The highest BCUT2D eigenvalue weighted by Gasteiger charge is 2.37. The van der Waals surface area contributed by atoms with Crippen LogP contribution < -0.4 is 0 Å². The van der Waals surface area contributed by atoms with Crippen molar-refractivity contribution in [2.75, 3.05) is 6.61 Å². The average molecular weight is 433 g/mol. The predicted molar refractivity (Wildman–Crippen MR) is 109 cm³/mol. The molecule has 0 spiro atoms. The van der Waals surface area contributed by atoms with Crippen LogP contribution in [0.1, 0.15) is 55.5 Å².